The van der Waals surface area contributed by atoms with Crippen LogP contribution in [0.5, 0.6) is 0 Å². The van der Waals surface area contributed by atoms with Crippen LogP contribution in [0.3, 0.4) is 0 Å². The number of ether oxygens (including phenoxy) is 3. The summed E-state index contributed by atoms with van der Waals surface area (Å²) < 4.78 is 15.0. The first-order chi connectivity index (χ1) is 11.2. The topological polar surface area (TPSA) is 85.9 Å². The summed E-state index contributed by atoms with van der Waals surface area (Å²) in [6.07, 6.45) is -0.533. The number of alkyl carbamates (subject to hydrolysis) is 1. The molecule has 0 fully saturated rings. The monoisotopic (exact) mass is 324 g/mol. The van der Waals surface area contributed by atoms with Crippen molar-refractivity contribution in [2.45, 2.75) is 19.6 Å². The summed E-state index contributed by atoms with van der Waals surface area (Å²) in [4.78, 5) is 23.0. The number of hydrogen-bond donors (Lipinski definition) is 2. The van der Waals surface area contributed by atoms with Crippen LogP contribution in [0.1, 0.15) is 12.5 Å². The van der Waals surface area contributed by atoms with E-state index in [0.29, 0.717) is 19.8 Å². The maximum atomic E-state index is 11.8. The molecule has 7 heteroatoms. The second-order valence-electron chi connectivity index (χ2n) is 4.79. The van der Waals surface area contributed by atoms with E-state index in [0.717, 1.165) is 5.56 Å². The van der Waals surface area contributed by atoms with Gasteiger partial charge in [-0.15, -0.1) is 0 Å². The first-order valence-electron chi connectivity index (χ1n) is 7.48. The highest BCUT2D eigenvalue weighted by molar-refractivity contribution is 5.71. The highest BCUT2D eigenvalue weighted by Crippen LogP contribution is 2.00. The van der Waals surface area contributed by atoms with Crippen molar-refractivity contribution in [3.63, 3.8) is 0 Å². The van der Waals surface area contributed by atoms with Crippen molar-refractivity contribution in [2.24, 2.45) is 0 Å². The lowest BCUT2D eigenvalue weighted by molar-refractivity contribution is -0.142. The smallest absolute Gasteiger partial charge is 0.407 e. The fraction of sp³-hybridized carbons (Fsp3) is 0.500. The molecule has 0 heterocycles. The summed E-state index contributed by atoms with van der Waals surface area (Å²) in [7, 11) is 1.54. The molecule has 0 radical (unpaired) electrons. The minimum Gasteiger partial charge on any atom is -0.465 e. The predicted molar refractivity (Wildman–Crippen MR) is 84.9 cm³/mol. The van der Waals surface area contributed by atoms with Gasteiger partial charge in [0.2, 0.25) is 0 Å². The van der Waals surface area contributed by atoms with E-state index in [9.17, 15) is 9.59 Å². The molecule has 7 nitrogen and oxygen atoms in total. The number of methoxy groups -OCH3 is 1. The van der Waals surface area contributed by atoms with Crippen molar-refractivity contribution in [1.29, 1.82) is 0 Å². The van der Waals surface area contributed by atoms with Gasteiger partial charge < -0.3 is 24.8 Å². The van der Waals surface area contributed by atoms with Crippen LogP contribution in [-0.2, 0) is 25.6 Å². The highest BCUT2D eigenvalue weighted by Gasteiger charge is 2.13. The Balaban J connectivity index is 2.30. The number of benzene rings is 1. The number of rotatable bonds is 10. The maximum absolute atomic E-state index is 11.8. The van der Waals surface area contributed by atoms with E-state index < -0.39 is 6.09 Å². The Bertz CT molecular complexity index is 467. The molecule has 1 aromatic rings. The molecule has 0 saturated heterocycles. The Morgan fingerprint density at radius 3 is 2.57 bits per heavy atom. The highest BCUT2D eigenvalue weighted by atomic mass is 16.5. The van der Waals surface area contributed by atoms with Crippen molar-refractivity contribution in [3.05, 3.63) is 35.9 Å². The SMILES string of the molecule is CCOC(=O)CNC[C@H](COC)NC(=O)OCc1ccccc1. The third kappa shape index (κ3) is 8.80. The van der Waals surface area contributed by atoms with Gasteiger partial charge in [-0.1, -0.05) is 30.3 Å². The Kier molecular flexibility index (Phi) is 9.42. The lowest BCUT2D eigenvalue weighted by atomic mass is 10.2. The van der Waals surface area contributed by atoms with Gasteiger partial charge in [0.1, 0.15) is 6.61 Å². The molecule has 23 heavy (non-hydrogen) atoms. The van der Waals surface area contributed by atoms with E-state index in [2.05, 4.69) is 10.6 Å². The van der Waals surface area contributed by atoms with Crippen LogP contribution in [0.2, 0.25) is 0 Å². The summed E-state index contributed by atoms with van der Waals surface area (Å²) in [5.41, 5.74) is 0.909. The third-order valence-corrected chi connectivity index (χ3v) is 2.87. The van der Waals surface area contributed by atoms with Crippen molar-refractivity contribution in [3.8, 4) is 0 Å². The molecule has 0 aliphatic rings. The minimum absolute atomic E-state index is 0.0782. The molecule has 0 bridgehead atoms. The van der Waals surface area contributed by atoms with E-state index >= 15 is 0 Å². The maximum Gasteiger partial charge on any atom is 0.407 e. The van der Waals surface area contributed by atoms with Crippen molar-refractivity contribution in [1.82, 2.24) is 10.6 Å². The van der Waals surface area contributed by atoms with Crippen LogP contribution in [0.25, 0.3) is 0 Å². The summed E-state index contributed by atoms with van der Waals surface area (Å²) in [6, 6.07) is 9.10. The van der Waals surface area contributed by atoms with E-state index in [-0.39, 0.29) is 25.2 Å². The van der Waals surface area contributed by atoms with Gasteiger partial charge in [0.15, 0.2) is 0 Å². The Morgan fingerprint density at radius 2 is 1.91 bits per heavy atom. The fourth-order valence-corrected chi connectivity index (χ4v) is 1.84. The summed E-state index contributed by atoms with van der Waals surface area (Å²) in [5.74, 6) is -0.338. The van der Waals surface area contributed by atoms with Crippen LogP contribution >= 0.6 is 0 Å². The third-order valence-electron chi connectivity index (χ3n) is 2.87. The molecule has 0 aromatic heterocycles. The average Bonchev–Trinajstić information content (AvgIpc) is 2.54. The zero-order valence-electron chi connectivity index (χ0n) is 13.5. The standard InChI is InChI=1S/C16H24N2O5/c1-3-22-15(19)10-17-9-14(12-21-2)18-16(20)23-11-13-7-5-4-6-8-13/h4-8,14,17H,3,9-12H2,1-2H3,(H,18,20)/t14-/m1/s1. The van der Waals surface area contributed by atoms with Gasteiger partial charge in [0.25, 0.3) is 0 Å². The molecular weight excluding hydrogens is 300 g/mol. The van der Waals surface area contributed by atoms with Gasteiger partial charge in [-0.05, 0) is 12.5 Å². The van der Waals surface area contributed by atoms with Crippen LogP contribution in [0, 0.1) is 0 Å². The van der Waals surface area contributed by atoms with E-state index in [4.69, 9.17) is 14.2 Å². The average molecular weight is 324 g/mol. The lowest BCUT2D eigenvalue weighted by Crippen LogP contribution is -2.46. The van der Waals surface area contributed by atoms with Gasteiger partial charge in [-0.3, -0.25) is 4.79 Å². The number of carbonyl (C=O) groups excluding carboxylic acids is 2. The Morgan fingerprint density at radius 1 is 1.17 bits per heavy atom. The van der Waals surface area contributed by atoms with Gasteiger partial charge in [-0.2, -0.15) is 0 Å². The molecule has 0 spiro atoms. The zero-order valence-corrected chi connectivity index (χ0v) is 13.5. The number of nitrogens with one attached hydrogen (secondary N) is 2. The summed E-state index contributed by atoms with van der Waals surface area (Å²) in [5, 5.41) is 5.60. The van der Waals surface area contributed by atoms with E-state index in [1.54, 1.807) is 6.92 Å². The molecule has 0 unspecified atom stereocenters. The van der Waals surface area contributed by atoms with E-state index in [1.807, 2.05) is 30.3 Å². The fourth-order valence-electron chi connectivity index (χ4n) is 1.84. The molecule has 0 aliphatic heterocycles. The van der Waals surface area contributed by atoms with Gasteiger partial charge >= 0.3 is 12.1 Å². The molecule has 128 valence electrons. The quantitative estimate of drug-likeness (QED) is 0.627. The van der Waals surface area contributed by atoms with Crippen molar-refractivity contribution in [2.75, 3.05) is 33.4 Å². The van der Waals surface area contributed by atoms with Crippen molar-refractivity contribution < 1.29 is 23.8 Å². The Labute approximate surface area is 136 Å². The molecule has 1 rings (SSSR count). The van der Waals surface area contributed by atoms with Crippen LogP contribution in [0.4, 0.5) is 4.79 Å². The van der Waals surface area contributed by atoms with Gasteiger partial charge in [0, 0.05) is 13.7 Å². The van der Waals surface area contributed by atoms with E-state index in [1.165, 1.54) is 7.11 Å². The molecule has 1 atom stereocenters. The number of amides is 1. The van der Waals surface area contributed by atoms with Crippen molar-refractivity contribution >= 4 is 12.1 Å². The molecule has 2 N–H and O–H groups in total. The molecule has 0 aliphatic carbocycles. The second kappa shape index (κ2) is 11.4. The second-order valence-corrected chi connectivity index (χ2v) is 4.79. The zero-order chi connectivity index (χ0) is 16.9. The van der Waals surface area contributed by atoms with Crippen LogP contribution in [-0.4, -0.2) is 51.5 Å². The molecule has 0 saturated carbocycles. The molecule has 1 amide bonds. The Hall–Kier alpha value is -2.12. The summed E-state index contributed by atoms with van der Waals surface area (Å²) >= 11 is 0. The lowest BCUT2D eigenvalue weighted by Gasteiger charge is -2.18. The van der Waals surface area contributed by atoms with Crippen LogP contribution < -0.4 is 10.6 Å². The molecular formula is C16H24N2O5. The number of hydrogen-bond acceptors (Lipinski definition) is 6. The number of esters is 1. The first-order valence-corrected chi connectivity index (χ1v) is 7.48. The summed E-state index contributed by atoms with van der Waals surface area (Å²) in [6.45, 7) is 3.03. The minimum atomic E-state index is -0.533. The normalized spacial score (nSPS) is 11.6. The van der Waals surface area contributed by atoms with Crippen LogP contribution in [0.15, 0.2) is 30.3 Å². The molecule has 1 aromatic carbocycles. The largest absolute Gasteiger partial charge is 0.465 e. The van der Waals surface area contributed by atoms with Gasteiger partial charge in [0.05, 0.1) is 25.8 Å². The predicted octanol–water partition coefficient (Wildman–Crippen LogP) is 1.08. The number of carbonyl (C=O) groups is 2. The van der Waals surface area contributed by atoms with Gasteiger partial charge in [-0.25, -0.2) is 4.79 Å². The first kappa shape index (κ1) is 18.9.